The molecule has 0 aliphatic carbocycles. The second-order valence-electron chi connectivity index (χ2n) is 13.1. The highest BCUT2D eigenvalue weighted by Gasteiger charge is 2.30. The van der Waals surface area contributed by atoms with Crippen molar-refractivity contribution in [3.05, 3.63) is 89.1 Å². The zero-order chi connectivity index (χ0) is 34.0. The highest BCUT2D eigenvalue weighted by atomic mass is 32.2. The van der Waals surface area contributed by atoms with Crippen molar-refractivity contribution < 1.29 is 23.1 Å². The van der Waals surface area contributed by atoms with Gasteiger partial charge in [0.2, 0.25) is 11.8 Å². The highest BCUT2D eigenvalue weighted by Crippen LogP contribution is 2.31. The molecule has 2 aliphatic heterocycles. The van der Waals surface area contributed by atoms with Gasteiger partial charge in [-0.2, -0.15) is 4.98 Å². The number of sulfonamides is 1. The summed E-state index contributed by atoms with van der Waals surface area (Å²) < 4.78 is 36.1. The molecule has 0 radical (unpaired) electrons. The summed E-state index contributed by atoms with van der Waals surface area (Å²) >= 11 is 0. The van der Waals surface area contributed by atoms with Gasteiger partial charge in [0.05, 0.1) is 22.7 Å². The van der Waals surface area contributed by atoms with Crippen molar-refractivity contribution in [3.8, 4) is 17.1 Å². The van der Waals surface area contributed by atoms with Crippen LogP contribution in [0.5, 0.6) is 5.88 Å². The lowest BCUT2D eigenvalue weighted by Gasteiger charge is -2.33. The molecule has 4 aromatic rings. The molecule has 2 aliphatic rings. The van der Waals surface area contributed by atoms with Crippen molar-refractivity contribution in [2.75, 3.05) is 29.3 Å². The number of fused-ring (bicyclic) bond motifs is 4. The molecule has 1 saturated heterocycles. The van der Waals surface area contributed by atoms with Crippen LogP contribution in [-0.2, 0) is 16.6 Å². The van der Waals surface area contributed by atoms with Crippen molar-refractivity contribution in [2.24, 2.45) is 5.92 Å². The van der Waals surface area contributed by atoms with Crippen molar-refractivity contribution in [1.82, 2.24) is 19.9 Å². The summed E-state index contributed by atoms with van der Waals surface area (Å²) in [4.78, 5) is 31.8. The number of aryl methyl sites for hydroxylation is 2. The topological polar surface area (TPSA) is 138 Å². The molecule has 4 heterocycles. The van der Waals surface area contributed by atoms with Crippen LogP contribution >= 0.6 is 0 Å². The zero-order valence-corrected chi connectivity index (χ0v) is 28.6. The van der Waals surface area contributed by atoms with E-state index in [2.05, 4.69) is 38.4 Å². The van der Waals surface area contributed by atoms with E-state index in [0.717, 1.165) is 47.5 Å². The molecule has 0 saturated carbocycles. The first-order valence-electron chi connectivity index (χ1n) is 16.4. The van der Waals surface area contributed by atoms with Gasteiger partial charge in [-0.3, -0.25) is 4.79 Å². The minimum atomic E-state index is -4.16. The molecule has 6 rings (SSSR count). The first-order valence-corrected chi connectivity index (χ1v) is 17.9. The molecule has 0 spiro atoms. The summed E-state index contributed by atoms with van der Waals surface area (Å²) in [5.41, 5.74) is 4.39. The summed E-state index contributed by atoms with van der Waals surface area (Å²) in [6, 6.07) is 17.1. The monoisotopic (exact) mass is 670 g/mol. The van der Waals surface area contributed by atoms with Crippen LogP contribution in [0.25, 0.3) is 11.3 Å². The Balaban J connectivity index is 1.41. The van der Waals surface area contributed by atoms with Gasteiger partial charge >= 0.3 is 0 Å². The van der Waals surface area contributed by atoms with E-state index in [1.807, 2.05) is 44.2 Å². The Morgan fingerprint density at radius 2 is 1.81 bits per heavy atom. The van der Waals surface area contributed by atoms with Crippen LogP contribution in [0.4, 0.5) is 11.8 Å². The summed E-state index contributed by atoms with van der Waals surface area (Å²) in [5, 5.41) is 10.1. The number of ether oxygens (including phenoxy) is 1. The summed E-state index contributed by atoms with van der Waals surface area (Å²) in [6.45, 7) is 9.84. The lowest BCUT2D eigenvalue weighted by Crippen LogP contribution is -2.44. The fourth-order valence-electron chi connectivity index (χ4n) is 6.47. The molecule has 11 nitrogen and oxygen atoms in total. The van der Waals surface area contributed by atoms with Gasteiger partial charge in [0.1, 0.15) is 12.4 Å². The minimum Gasteiger partial charge on any atom is -0.475 e. The molecule has 2 N–H and O–H groups in total. The molecule has 2 aromatic heterocycles. The lowest BCUT2D eigenvalue weighted by molar-refractivity contribution is 0.0553. The van der Waals surface area contributed by atoms with Gasteiger partial charge in [0.15, 0.2) is 0 Å². The second-order valence-corrected chi connectivity index (χ2v) is 14.8. The highest BCUT2D eigenvalue weighted by molar-refractivity contribution is 7.92. The average molecular weight is 671 g/mol. The maximum Gasteiger partial charge on any atom is 0.264 e. The molecule has 1 fully saturated rings. The third kappa shape index (κ3) is 7.44. The van der Waals surface area contributed by atoms with Crippen LogP contribution < -0.4 is 14.4 Å². The van der Waals surface area contributed by atoms with E-state index < -0.39 is 10.0 Å². The average Bonchev–Trinajstić information content (AvgIpc) is 3.05. The Bertz CT molecular complexity index is 1880. The maximum atomic E-state index is 14.3. The number of anilines is 2. The fourth-order valence-corrected chi connectivity index (χ4v) is 7.46. The minimum absolute atomic E-state index is 0.0776. The Hall–Kier alpha value is -4.55. The van der Waals surface area contributed by atoms with E-state index in [4.69, 9.17) is 4.74 Å². The zero-order valence-electron chi connectivity index (χ0n) is 27.8. The van der Waals surface area contributed by atoms with Crippen molar-refractivity contribution >= 4 is 27.7 Å². The number of nitrogens with one attached hydrogen (secondary N) is 1. The normalized spacial score (nSPS) is 19.5. The van der Waals surface area contributed by atoms with Gasteiger partial charge in [-0.25, -0.2) is 23.1 Å². The van der Waals surface area contributed by atoms with Crippen molar-refractivity contribution in [1.29, 1.82) is 0 Å². The Morgan fingerprint density at radius 1 is 1.04 bits per heavy atom. The number of hydrogen-bond acceptors (Lipinski definition) is 9. The first kappa shape index (κ1) is 33.4. The molecule has 12 heteroatoms. The van der Waals surface area contributed by atoms with Crippen LogP contribution in [0.3, 0.4) is 0 Å². The van der Waals surface area contributed by atoms with Crippen LogP contribution in [0.2, 0.25) is 0 Å². The van der Waals surface area contributed by atoms with Gasteiger partial charge in [-0.1, -0.05) is 44.2 Å². The molecule has 252 valence electrons. The number of rotatable bonds is 6. The van der Waals surface area contributed by atoms with E-state index in [9.17, 15) is 18.3 Å². The van der Waals surface area contributed by atoms with Gasteiger partial charge < -0.3 is 19.6 Å². The number of amides is 1. The Kier molecular flexibility index (Phi) is 9.66. The molecule has 1 unspecified atom stereocenters. The number of pyridine rings is 1. The molecular weight excluding hydrogens is 629 g/mol. The van der Waals surface area contributed by atoms with E-state index in [1.54, 1.807) is 29.3 Å². The predicted molar refractivity (Wildman–Crippen MR) is 184 cm³/mol. The fraction of sp³-hybridized carbons (Fsp3) is 0.389. The first-order chi connectivity index (χ1) is 23.0. The van der Waals surface area contributed by atoms with Gasteiger partial charge in [-0.15, -0.1) is 0 Å². The van der Waals surface area contributed by atoms with Gasteiger partial charge in [0, 0.05) is 43.0 Å². The number of hydrogen-bond donors (Lipinski definition) is 2. The number of carbonyl (C=O) groups is 1. The summed E-state index contributed by atoms with van der Waals surface area (Å²) in [6.07, 6.45) is 3.69. The van der Waals surface area contributed by atoms with Crippen molar-refractivity contribution in [2.45, 2.75) is 70.5 Å². The Morgan fingerprint density at radius 3 is 2.52 bits per heavy atom. The number of piperidine rings is 1. The molecule has 2 aromatic carbocycles. The quantitative estimate of drug-likeness (QED) is 0.278. The van der Waals surface area contributed by atoms with Gasteiger partial charge in [0.25, 0.3) is 15.9 Å². The van der Waals surface area contributed by atoms with Crippen molar-refractivity contribution in [3.63, 3.8) is 0 Å². The number of aromatic nitrogens is 3. The molecular formula is C36H42N6O5S. The largest absolute Gasteiger partial charge is 0.475 e. The van der Waals surface area contributed by atoms with E-state index >= 15 is 0 Å². The number of carbonyl (C=O) groups excluding carboxylic acids is 1. The number of benzene rings is 2. The summed E-state index contributed by atoms with van der Waals surface area (Å²) in [7, 11) is -4.16. The molecule has 2 atom stereocenters. The molecule has 48 heavy (non-hydrogen) atoms. The van der Waals surface area contributed by atoms with E-state index in [1.165, 1.54) is 12.1 Å². The van der Waals surface area contributed by atoms with E-state index in [0.29, 0.717) is 18.7 Å². The van der Waals surface area contributed by atoms with Crippen LogP contribution in [0.15, 0.2) is 71.8 Å². The van der Waals surface area contributed by atoms with E-state index in [-0.39, 0.29) is 59.4 Å². The predicted octanol–water partition coefficient (Wildman–Crippen LogP) is 5.37. The second kappa shape index (κ2) is 13.9. The van der Waals surface area contributed by atoms with Crippen LogP contribution in [0, 0.1) is 19.8 Å². The lowest BCUT2D eigenvalue weighted by atomic mass is 10.00. The summed E-state index contributed by atoms with van der Waals surface area (Å²) in [5.74, 6) is 0.751. The number of β-amino-alcohol motifs (C(OH)–C–C–N with tert-alkyl or cyclic N) is 1. The van der Waals surface area contributed by atoms with Gasteiger partial charge in [-0.05, 0) is 80.0 Å². The smallest absolute Gasteiger partial charge is 0.264 e. The maximum absolute atomic E-state index is 14.3. The number of aliphatic hydroxyl groups excluding tert-OH is 1. The van der Waals surface area contributed by atoms with Crippen LogP contribution in [0.1, 0.15) is 60.2 Å². The third-order valence-corrected chi connectivity index (χ3v) is 10.1. The number of nitrogens with zero attached hydrogens (tertiary/aromatic N) is 5. The van der Waals surface area contributed by atoms with Crippen LogP contribution in [-0.4, -0.2) is 71.1 Å². The number of aliphatic hydroxyl groups is 1. The third-order valence-electron chi connectivity index (χ3n) is 8.81. The Labute approximate surface area is 282 Å². The SMILES string of the molecule is Cc1cccc(C)c1-c1cc2nc(n1)NS(=O)(=O)c1cccc(c1)C(=O)N(Cc1ccc(N3CCCC(O)C3)nc1)[C@H](CC(C)C)CO2. The molecule has 4 bridgehead atoms. The molecule has 1 amide bonds. The standard InChI is InChI=1S/C36H42N6O5S/c1-23(2)16-28-22-47-33-18-31(34-24(3)8-5-9-25(34)4)38-36(39-33)40-48(45,46)30-12-6-10-27(17-30)35(44)42(28)20-26-13-14-32(37-19-26)41-15-7-11-29(43)21-41/h5-6,8-10,12-14,17-19,23,28-29,43H,7,11,15-16,20-22H2,1-4H3,(H,38,39,40)/t28-,29?/m1/s1.